The van der Waals surface area contributed by atoms with Gasteiger partial charge in [-0.2, -0.15) is 0 Å². The Morgan fingerprint density at radius 3 is 2.64 bits per heavy atom. The zero-order chi connectivity index (χ0) is 24.1. The van der Waals surface area contributed by atoms with Crippen LogP contribution in [-0.4, -0.2) is 52.0 Å². The number of aryl methyl sites for hydroxylation is 1. The van der Waals surface area contributed by atoms with E-state index in [1.807, 2.05) is 6.92 Å². The minimum Gasteiger partial charge on any atom is -0.352 e. The lowest BCUT2D eigenvalue weighted by Crippen LogP contribution is -2.69. The van der Waals surface area contributed by atoms with Crippen LogP contribution in [0.4, 0.5) is 5.82 Å². The Labute approximate surface area is 236 Å². The number of nitrogens with one attached hydrogen (secondary N) is 1. The third kappa shape index (κ3) is 5.01. The fourth-order valence-electron chi connectivity index (χ4n) is 6.45. The first kappa shape index (κ1) is 29.2. The zero-order valence-corrected chi connectivity index (χ0v) is 24.8. The maximum Gasteiger partial charge on any atom is 0.223 e. The Balaban J connectivity index is 0.00000180. The molecule has 1 aromatic heterocycles. The highest BCUT2D eigenvalue weighted by molar-refractivity contribution is 9.10. The molecule has 2 aromatic rings. The van der Waals surface area contributed by atoms with Crippen molar-refractivity contribution in [3.05, 3.63) is 51.9 Å². The van der Waals surface area contributed by atoms with Crippen molar-refractivity contribution in [1.29, 1.82) is 0 Å². The maximum absolute atomic E-state index is 13.5. The van der Waals surface area contributed by atoms with Crippen molar-refractivity contribution in [3.8, 4) is 0 Å². The molecule has 0 radical (unpaired) electrons. The summed E-state index contributed by atoms with van der Waals surface area (Å²) in [5, 5.41) is 3.93. The summed E-state index contributed by atoms with van der Waals surface area (Å²) in [6, 6.07) is 8.72. The van der Waals surface area contributed by atoms with E-state index in [0.717, 1.165) is 49.1 Å². The molecule has 9 heteroatoms. The van der Waals surface area contributed by atoms with Crippen LogP contribution in [0.25, 0.3) is 0 Å². The highest BCUT2D eigenvalue weighted by Gasteiger charge is 2.54. The molecule has 2 fully saturated rings. The van der Waals surface area contributed by atoms with Gasteiger partial charge in [-0.15, -0.1) is 24.8 Å². The van der Waals surface area contributed by atoms with Gasteiger partial charge in [-0.3, -0.25) is 4.79 Å². The van der Waals surface area contributed by atoms with Crippen LogP contribution in [0.1, 0.15) is 76.1 Å². The molecule has 3 heterocycles. The summed E-state index contributed by atoms with van der Waals surface area (Å²) in [5.74, 6) is 1.74. The van der Waals surface area contributed by atoms with Gasteiger partial charge in [-0.05, 0) is 63.1 Å². The van der Waals surface area contributed by atoms with Crippen LogP contribution in [0.2, 0.25) is 0 Å². The monoisotopic (exact) mass is 597 g/mol. The number of piperazine rings is 1. The first-order valence-corrected chi connectivity index (χ1v) is 13.5. The van der Waals surface area contributed by atoms with Gasteiger partial charge in [0.1, 0.15) is 17.7 Å². The molecule has 1 aromatic carbocycles. The Kier molecular flexibility index (Phi) is 9.02. The standard InChI is InChI=1S/C27H36BrN5O.2ClH/c1-5-23(34)33-14-13-32(25-24-18(2)9-10-21(24)29-17-30-25)16-27(33,19-7-6-8-20(28)15-19)22-11-12-26(3,4)31-22;;/h6-8,15,17-18,22,31H,5,9-14,16H2,1-4H3;2*1H/t18-,22+,27-;;/m1../s1. The minimum atomic E-state index is -0.484. The summed E-state index contributed by atoms with van der Waals surface area (Å²) in [4.78, 5) is 27.5. The summed E-state index contributed by atoms with van der Waals surface area (Å²) in [6.45, 7) is 11.0. The number of fused-ring (bicyclic) bond motifs is 1. The summed E-state index contributed by atoms with van der Waals surface area (Å²) >= 11 is 3.71. The molecule has 198 valence electrons. The molecular formula is C27H38BrCl2N5O. The number of aromatic nitrogens is 2. The predicted octanol–water partition coefficient (Wildman–Crippen LogP) is 5.62. The van der Waals surface area contributed by atoms with Crippen LogP contribution in [0.3, 0.4) is 0 Å². The molecule has 6 nitrogen and oxygen atoms in total. The van der Waals surface area contributed by atoms with Gasteiger partial charge in [0.15, 0.2) is 0 Å². The van der Waals surface area contributed by atoms with E-state index in [0.29, 0.717) is 18.9 Å². The van der Waals surface area contributed by atoms with E-state index in [1.54, 1.807) is 6.33 Å². The van der Waals surface area contributed by atoms with Crippen LogP contribution in [-0.2, 0) is 16.8 Å². The molecule has 1 N–H and O–H groups in total. The van der Waals surface area contributed by atoms with E-state index in [-0.39, 0.29) is 42.3 Å². The van der Waals surface area contributed by atoms with E-state index in [9.17, 15) is 4.79 Å². The fourth-order valence-corrected chi connectivity index (χ4v) is 6.85. The van der Waals surface area contributed by atoms with Gasteiger partial charge in [0.25, 0.3) is 0 Å². The molecule has 3 atom stereocenters. The third-order valence-corrected chi connectivity index (χ3v) is 8.68. The fraction of sp³-hybridized carbons (Fsp3) is 0.593. The zero-order valence-electron chi connectivity index (χ0n) is 21.6. The van der Waals surface area contributed by atoms with E-state index in [2.05, 4.69) is 81.1 Å². The summed E-state index contributed by atoms with van der Waals surface area (Å²) in [6.07, 6.45) is 6.50. The van der Waals surface area contributed by atoms with Gasteiger partial charge < -0.3 is 15.1 Å². The molecule has 0 unspecified atom stereocenters. The normalized spacial score (nSPS) is 26.7. The van der Waals surface area contributed by atoms with Gasteiger partial charge in [0, 0.05) is 53.4 Å². The SMILES string of the molecule is CCC(=O)N1CCN(c2ncnc3c2[C@H](C)CC3)C[C@@]1(c1cccc(Br)c1)[C@@H]1CCC(C)(C)N1.Cl.Cl. The second-order valence-corrected chi connectivity index (χ2v) is 11.8. The average Bonchev–Trinajstić information content (AvgIpc) is 3.40. The average molecular weight is 599 g/mol. The van der Waals surface area contributed by atoms with Crippen molar-refractivity contribution >= 4 is 52.5 Å². The van der Waals surface area contributed by atoms with Crippen LogP contribution in [0.5, 0.6) is 0 Å². The quantitative estimate of drug-likeness (QED) is 0.495. The molecule has 1 amide bonds. The number of halogens is 3. The topological polar surface area (TPSA) is 61.4 Å². The number of anilines is 1. The van der Waals surface area contributed by atoms with E-state index in [1.165, 1.54) is 16.8 Å². The number of amides is 1. The smallest absolute Gasteiger partial charge is 0.223 e. The van der Waals surface area contributed by atoms with E-state index >= 15 is 0 Å². The Morgan fingerprint density at radius 2 is 1.97 bits per heavy atom. The summed E-state index contributed by atoms with van der Waals surface area (Å²) in [5.41, 5.74) is 3.24. The van der Waals surface area contributed by atoms with E-state index < -0.39 is 5.54 Å². The van der Waals surface area contributed by atoms with Crippen molar-refractivity contribution < 1.29 is 4.79 Å². The highest BCUT2D eigenvalue weighted by Crippen LogP contribution is 2.45. The molecule has 2 saturated heterocycles. The number of carbonyl (C=O) groups is 1. The predicted molar refractivity (Wildman–Crippen MR) is 154 cm³/mol. The number of hydrogen-bond acceptors (Lipinski definition) is 5. The molecule has 1 aliphatic carbocycles. The van der Waals surface area contributed by atoms with Crippen LogP contribution in [0.15, 0.2) is 35.1 Å². The number of rotatable bonds is 4. The maximum atomic E-state index is 13.5. The third-order valence-electron chi connectivity index (χ3n) is 8.19. The Morgan fingerprint density at radius 1 is 1.19 bits per heavy atom. The van der Waals surface area contributed by atoms with Crippen molar-refractivity contribution in [3.63, 3.8) is 0 Å². The Hall–Kier alpha value is -1.41. The largest absolute Gasteiger partial charge is 0.352 e. The molecule has 5 rings (SSSR count). The molecular weight excluding hydrogens is 561 g/mol. The minimum absolute atomic E-state index is 0. The van der Waals surface area contributed by atoms with Gasteiger partial charge in [0.2, 0.25) is 5.91 Å². The summed E-state index contributed by atoms with van der Waals surface area (Å²) in [7, 11) is 0. The van der Waals surface area contributed by atoms with Crippen molar-refractivity contribution in [2.75, 3.05) is 24.5 Å². The first-order chi connectivity index (χ1) is 16.2. The first-order valence-electron chi connectivity index (χ1n) is 12.7. The van der Waals surface area contributed by atoms with Crippen LogP contribution < -0.4 is 10.2 Å². The molecule has 36 heavy (non-hydrogen) atoms. The Bertz CT molecular complexity index is 1100. The lowest BCUT2D eigenvalue weighted by atomic mass is 9.77. The van der Waals surface area contributed by atoms with Gasteiger partial charge in [-0.25, -0.2) is 9.97 Å². The van der Waals surface area contributed by atoms with Crippen molar-refractivity contribution in [1.82, 2.24) is 20.2 Å². The van der Waals surface area contributed by atoms with Gasteiger partial charge >= 0.3 is 0 Å². The van der Waals surface area contributed by atoms with E-state index in [4.69, 9.17) is 4.98 Å². The molecule has 0 bridgehead atoms. The number of nitrogens with zero attached hydrogens (tertiary/aromatic N) is 4. The lowest BCUT2D eigenvalue weighted by molar-refractivity contribution is -0.140. The second kappa shape index (κ2) is 11.1. The number of hydrogen-bond donors (Lipinski definition) is 1. The van der Waals surface area contributed by atoms with Crippen molar-refractivity contribution in [2.24, 2.45) is 0 Å². The van der Waals surface area contributed by atoms with Gasteiger partial charge in [0.05, 0.1) is 0 Å². The molecule has 2 aliphatic heterocycles. The van der Waals surface area contributed by atoms with Crippen molar-refractivity contribution in [2.45, 2.75) is 82.8 Å². The van der Waals surface area contributed by atoms with Crippen LogP contribution in [0, 0.1) is 0 Å². The molecule has 0 saturated carbocycles. The van der Waals surface area contributed by atoms with Gasteiger partial charge in [-0.1, -0.05) is 41.9 Å². The highest BCUT2D eigenvalue weighted by atomic mass is 79.9. The van der Waals surface area contributed by atoms with Crippen LogP contribution >= 0.6 is 40.7 Å². The number of carbonyl (C=O) groups excluding carboxylic acids is 1. The number of benzene rings is 1. The second-order valence-electron chi connectivity index (χ2n) is 10.9. The lowest BCUT2D eigenvalue weighted by Gasteiger charge is -2.55. The molecule has 0 spiro atoms. The molecule has 3 aliphatic rings. The summed E-state index contributed by atoms with van der Waals surface area (Å²) < 4.78 is 1.04.